The van der Waals surface area contributed by atoms with Gasteiger partial charge in [-0.25, -0.2) is 4.57 Å². The van der Waals surface area contributed by atoms with Gasteiger partial charge in [0.15, 0.2) is 6.10 Å². The van der Waals surface area contributed by atoms with Crippen LogP contribution in [0.5, 0.6) is 0 Å². The summed E-state index contributed by atoms with van der Waals surface area (Å²) < 4.78 is 34.1. The summed E-state index contributed by atoms with van der Waals surface area (Å²) in [6, 6.07) is 0. The average molecular weight is 821 g/mol. The molecule has 1 unspecified atom stereocenters. The molecule has 0 rings (SSSR count). The minimum absolute atomic E-state index is 0.00543. The predicted molar refractivity (Wildman–Crippen MR) is 235 cm³/mol. The Balaban J connectivity index is 4.57. The first-order valence-electron chi connectivity index (χ1n) is 21.4. The van der Waals surface area contributed by atoms with Gasteiger partial charge in [-0.1, -0.05) is 137 Å². The predicted octanol–water partition coefficient (Wildman–Crippen LogP) is 11.0. The van der Waals surface area contributed by atoms with Crippen LogP contribution < -0.4 is 0 Å². The molecule has 0 aliphatic rings. The Morgan fingerprint density at radius 2 is 1.23 bits per heavy atom. The zero-order valence-electron chi connectivity index (χ0n) is 36.1. The molecule has 3 atom stereocenters. The van der Waals surface area contributed by atoms with Gasteiger partial charge in [0.1, 0.15) is 19.8 Å². The topological polar surface area (TPSA) is 129 Å². The van der Waals surface area contributed by atoms with E-state index < -0.39 is 32.5 Å². The highest BCUT2D eigenvalue weighted by Crippen LogP contribution is 2.43. The van der Waals surface area contributed by atoms with Crippen molar-refractivity contribution >= 4 is 19.8 Å². The highest BCUT2D eigenvalue weighted by atomic mass is 31.2. The second kappa shape index (κ2) is 37.4. The molecule has 0 saturated carbocycles. The van der Waals surface area contributed by atoms with Gasteiger partial charge in [-0.15, -0.1) is 0 Å². The van der Waals surface area contributed by atoms with Gasteiger partial charge < -0.3 is 24.0 Å². The van der Waals surface area contributed by atoms with Gasteiger partial charge in [0.05, 0.1) is 33.9 Å². The highest BCUT2D eigenvalue weighted by molar-refractivity contribution is 7.47. The molecule has 0 spiro atoms. The normalized spacial score (nSPS) is 15.0. The largest absolute Gasteiger partial charge is 0.472 e. The molecular formula is C46H79NO9P+. The first-order chi connectivity index (χ1) is 27.4. The van der Waals surface area contributed by atoms with Crippen molar-refractivity contribution in [2.24, 2.45) is 0 Å². The fraction of sp³-hybridized carbons (Fsp3) is 0.652. The Labute approximate surface area is 346 Å². The number of quaternary nitrogens is 1. The number of nitrogens with zero attached hydrogens (tertiary/aromatic N) is 1. The van der Waals surface area contributed by atoms with Crippen molar-refractivity contribution in [2.75, 3.05) is 47.5 Å². The third-order valence-electron chi connectivity index (χ3n) is 8.51. The molecule has 10 nitrogen and oxygen atoms in total. The molecule has 0 aliphatic carbocycles. The molecule has 2 N–H and O–H groups in total. The van der Waals surface area contributed by atoms with Crippen LogP contribution in [-0.4, -0.2) is 86.1 Å². The van der Waals surface area contributed by atoms with Gasteiger partial charge in [-0.3, -0.25) is 18.6 Å². The molecule has 0 aliphatic heterocycles. The summed E-state index contributed by atoms with van der Waals surface area (Å²) in [5.41, 5.74) is 0. The first-order valence-corrected chi connectivity index (χ1v) is 22.9. The van der Waals surface area contributed by atoms with Crippen molar-refractivity contribution in [3.63, 3.8) is 0 Å². The van der Waals surface area contributed by atoms with E-state index in [1.165, 1.54) is 0 Å². The van der Waals surface area contributed by atoms with Crippen LogP contribution in [0.3, 0.4) is 0 Å². The van der Waals surface area contributed by atoms with E-state index in [4.69, 9.17) is 18.5 Å². The number of unbranched alkanes of at least 4 members (excludes halogenated alkanes) is 8. The fourth-order valence-corrected chi connectivity index (χ4v) is 5.87. The number of phosphoric ester groups is 1. The zero-order chi connectivity index (χ0) is 42.3. The number of likely N-dealkylation sites (N-methyl/N-ethyl adjacent to an activating group) is 1. The standard InChI is InChI=1S/C46H78NO9P/c1-6-8-10-11-12-13-14-15-16-17-20-23-26-29-33-37-45(49)53-41-44(42-55-57(51,52)54-40-39-47(3,4)5)56-46(50)38-34-30-27-24-21-18-19-22-25-28-32-36-43(48)35-31-9-7-2/h8,10,12-13,15-16,18-19,24-25,27-28,32,36,43-44,48H,6-7,9,11,14,17,20-23,26,29-31,33-35,37-42H2,1-5H3/p+1/b10-8-,13-12-,16-15-,19-18-,27-24-,28-25-,36-32+/t43-,44+/m0/s1. The molecule has 326 valence electrons. The number of phosphoric acid groups is 1. The van der Waals surface area contributed by atoms with Gasteiger partial charge in [0.2, 0.25) is 0 Å². The molecular weight excluding hydrogens is 741 g/mol. The zero-order valence-corrected chi connectivity index (χ0v) is 37.0. The van der Waals surface area contributed by atoms with Crippen LogP contribution in [0.15, 0.2) is 85.1 Å². The lowest BCUT2D eigenvalue weighted by Crippen LogP contribution is -2.37. The molecule has 57 heavy (non-hydrogen) atoms. The molecule has 0 bridgehead atoms. The lowest BCUT2D eigenvalue weighted by atomic mass is 10.1. The SMILES string of the molecule is CC/C=C\C/C=C\C/C=C\CCCCCCCC(=O)OC[C@H](COP(=O)(O)OCC[N+](C)(C)C)OC(=O)CCC/C=C\C/C=C\C/C=C\C=C\[C@@H](O)CCCCC. The van der Waals surface area contributed by atoms with Gasteiger partial charge in [0.25, 0.3) is 0 Å². The summed E-state index contributed by atoms with van der Waals surface area (Å²) in [6.07, 6.45) is 43.9. The Bertz CT molecular complexity index is 1260. The Hall–Kier alpha value is -2.85. The Morgan fingerprint density at radius 1 is 0.649 bits per heavy atom. The van der Waals surface area contributed by atoms with Gasteiger partial charge in [0, 0.05) is 12.8 Å². The van der Waals surface area contributed by atoms with E-state index in [9.17, 15) is 24.2 Å². The molecule has 0 fully saturated rings. The fourth-order valence-electron chi connectivity index (χ4n) is 5.13. The van der Waals surface area contributed by atoms with Crippen LogP contribution in [0.2, 0.25) is 0 Å². The van der Waals surface area contributed by atoms with Crippen molar-refractivity contribution in [1.29, 1.82) is 0 Å². The van der Waals surface area contributed by atoms with Crippen LogP contribution in [0.1, 0.15) is 136 Å². The molecule has 0 saturated heterocycles. The van der Waals surface area contributed by atoms with Gasteiger partial charge >= 0.3 is 19.8 Å². The van der Waals surface area contributed by atoms with Crippen molar-refractivity contribution in [1.82, 2.24) is 0 Å². The number of esters is 2. The van der Waals surface area contributed by atoms with Crippen LogP contribution in [0.4, 0.5) is 0 Å². The maximum absolute atomic E-state index is 12.7. The lowest BCUT2D eigenvalue weighted by molar-refractivity contribution is -0.870. The Morgan fingerprint density at radius 3 is 1.88 bits per heavy atom. The number of aliphatic hydroxyl groups is 1. The quantitative estimate of drug-likeness (QED) is 0.0157. The van der Waals surface area contributed by atoms with Crippen molar-refractivity contribution in [2.45, 2.75) is 148 Å². The number of hydrogen-bond acceptors (Lipinski definition) is 8. The average Bonchev–Trinajstić information content (AvgIpc) is 3.15. The third-order valence-corrected chi connectivity index (χ3v) is 9.50. The second-order valence-corrected chi connectivity index (χ2v) is 16.6. The molecule has 11 heteroatoms. The molecule has 0 heterocycles. The van der Waals surface area contributed by atoms with E-state index in [1.54, 1.807) is 0 Å². The number of ether oxygens (including phenoxy) is 2. The van der Waals surface area contributed by atoms with E-state index in [0.29, 0.717) is 30.3 Å². The van der Waals surface area contributed by atoms with E-state index in [0.717, 1.165) is 89.9 Å². The van der Waals surface area contributed by atoms with Gasteiger partial charge in [-0.2, -0.15) is 0 Å². The van der Waals surface area contributed by atoms with Crippen molar-refractivity contribution in [3.05, 3.63) is 85.1 Å². The van der Waals surface area contributed by atoms with Crippen LogP contribution in [0, 0.1) is 0 Å². The van der Waals surface area contributed by atoms with Crippen molar-refractivity contribution < 1.29 is 47.2 Å². The number of hydrogen-bond donors (Lipinski definition) is 2. The smallest absolute Gasteiger partial charge is 0.462 e. The Kier molecular flexibility index (Phi) is 35.6. The van der Waals surface area contributed by atoms with Crippen molar-refractivity contribution in [3.8, 4) is 0 Å². The summed E-state index contributed by atoms with van der Waals surface area (Å²) in [4.78, 5) is 35.3. The molecule has 0 aromatic carbocycles. The van der Waals surface area contributed by atoms with E-state index in [1.807, 2.05) is 57.6 Å². The maximum Gasteiger partial charge on any atom is 0.472 e. The summed E-state index contributed by atoms with van der Waals surface area (Å²) in [5.74, 6) is -0.921. The minimum Gasteiger partial charge on any atom is -0.462 e. The molecule has 0 aromatic rings. The van der Waals surface area contributed by atoms with E-state index in [-0.39, 0.29) is 32.2 Å². The summed E-state index contributed by atoms with van der Waals surface area (Å²) >= 11 is 0. The second-order valence-electron chi connectivity index (χ2n) is 15.2. The number of rotatable bonds is 37. The number of carbonyl (C=O) groups is 2. The minimum atomic E-state index is -4.41. The maximum atomic E-state index is 12.7. The number of carbonyl (C=O) groups excluding carboxylic acids is 2. The summed E-state index contributed by atoms with van der Waals surface area (Å²) in [7, 11) is 1.39. The van der Waals surface area contributed by atoms with E-state index in [2.05, 4.69) is 62.5 Å². The molecule has 0 radical (unpaired) electrons. The van der Waals surface area contributed by atoms with Crippen LogP contribution >= 0.6 is 7.82 Å². The van der Waals surface area contributed by atoms with Crippen LogP contribution in [0.25, 0.3) is 0 Å². The first kappa shape index (κ1) is 54.2. The highest BCUT2D eigenvalue weighted by Gasteiger charge is 2.27. The van der Waals surface area contributed by atoms with Gasteiger partial charge in [-0.05, 0) is 70.6 Å². The third kappa shape index (κ3) is 41.1. The van der Waals surface area contributed by atoms with Crippen LogP contribution in [-0.2, 0) is 32.7 Å². The molecule has 0 amide bonds. The molecule has 0 aromatic heterocycles. The summed E-state index contributed by atoms with van der Waals surface area (Å²) in [5, 5.41) is 9.91. The summed E-state index contributed by atoms with van der Waals surface area (Å²) in [6.45, 7) is 4.05. The monoisotopic (exact) mass is 821 g/mol. The van der Waals surface area contributed by atoms with E-state index >= 15 is 0 Å². The lowest BCUT2D eigenvalue weighted by Gasteiger charge is -2.24. The number of allylic oxidation sites excluding steroid dienone is 13. The number of aliphatic hydroxyl groups excluding tert-OH is 1.